The Hall–Kier alpha value is -1.64. The summed E-state index contributed by atoms with van der Waals surface area (Å²) in [6, 6.07) is 7.32. The maximum absolute atomic E-state index is 12.5. The minimum atomic E-state index is -0.211. The number of aromatic nitrogens is 2. The van der Waals surface area contributed by atoms with Gasteiger partial charge < -0.3 is 0 Å². The summed E-state index contributed by atoms with van der Waals surface area (Å²) in [6.45, 7) is 0. The lowest BCUT2D eigenvalue weighted by atomic mass is 10.2. The van der Waals surface area contributed by atoms with Crippen molar-refractivity contribution in [2.45, 2.75) is 24.4 Å². The van der Waals surface area contributed by atoms with Crippen LogP contribution in [0.15, 0.2) is 33.9 Å². The number of thioether (sulfide) groups is 1. The van der Waals surface area contributed by atoms with Gasteiger partial charge in [-0.25, -0.2) is 9.97 Å². The molecule has 0 aliphatic heterocycles. The van der Waals surface area contributed by atoms with Gasteiger partial charge in [0.2, 0.25) is 0 Å². The number of carbonyl (C=O) groups excluding carboxylic acids is 1. The third-order valence-electron chi connectivity index (χ3n) is 4.14. The molecular formula is C17H15BrN4OS2. The first kappa shape index (κ1) is 16.8. The van der Waals surface area contributed by atoms with Crippen LogP contribution >= 0.6 is 39.0 Å². The highest BCUT2D eigenvalue weighted by molar-refractivity contribution is 9.10. The van der Waals surface area contributed by atoms with Crippen LogP contribution in [0.4, 0.5) is 5.82 Å². The summed E-state index contributed by atoms with van der Waals surface area (Å²) in [5.41, 5.74) is 7.69. The van der Waals surface area contributed by atoms with Crippen LogP contribution in [-0.4, -0.2) is 22.1 Å². The summed E-state index contributed by atoms with van der Waals surface area (Å²) < 4.78 is 0.753. The molecule has 0 spiro atoms. The van der Waals surface area contributed by atoms with E-state index in [1.807, 2.05) is 24.5 Å². The van der Waals surface area contributed by atoms with E-state index >= 15 is 0 Å². The molecule has 2 heterocycles. The van der Waals surface area contributed by atoms with E-state index in [-0.39, 0.29) is 5.91 Å². The summed E-state index contributed by atoms with van der Waals surface area (Å²) in [5, 5.41) is 1.74. The number of carbonyl (C=O) groups is 1. The zero-order valence-corrected chi connectivity index (χ0v) is 16.6. The standard InChI is InChI=1S/C17H15BrN4OS2/c1-24-17-19-14(13-10-6-4-8-12(10)25-16(13)20-17)21-22-15(23)9-5-2-3-7-11(9)18/h2-3,5,7H,4,6,8H2,1H3,(H,22,23)(H,19,20,21). The summed E-state index contributed by atoms with van der Waals surface area (Å²) in [7, 11) is 0. The molecule has 0 saturated carbocycles. The molecule has 1 aliphatic rings. The molecule has 0 radical (unpaired) electrons. The van der Waals surface area contributed by atoms with Crippen LogP contribution in [-0.2, 0) is 12.8 Å². The van der Waals surface area contributed by atoms with Gasteiger partial charge in [-0.1, -0.05) is 23.9 Å². The summed E-state index contributed by atoms with van der Waals surface area (Å²) in [6.07, 6.45) is 5.27. The largest absolute Gasteiger partial charge is 0.281 e. The zero-order valence-electron chi connectivity index (χ0n) is 13.4. The number of hydrogen-bond acceptors (Lipinski definition) is 6. The number of anilines is 1. The molecule has 2 N–H and O–H groups in total. The van der Waals surface area contributed by atoms with E-state index in [9.17, 15) is 4.79 Å². The molecule has 1 aliphatic carbocycles. The van der Waals surface area contributed by atoms with Gasteiger partial charge in [0.1, 0.15) is 4.83 Å². The van der Waals surface area contributed by atoms with Gasteiger partial charge in [0.15, 0.2) is 11.0 Å². The number of thiophene rings is 1. The minimum absolute atomic E-state index is 0.211. The van der Waals surface area contributed by atoms with E-state index in [1.54, 1.807) is 17.4 Å². The zero-order chi connectivity index (χ0) is 17.4. The predicted molar refractivity (Wildman–Crippen MR) is 106 cm³/mol. The molecule has 1 aromatic carbocycles. The lowest BCUT2D eigenvalue weighted by Gasteiger charge is -2.11. The fraction of sp³-hybridized carbons (Fsp3) is 0.235. The number of fused-ring (bicyclic) bond motifs is 3. The van der Waals surface area contributed by atoms with Crippen molar-refractivity contribution in [2.75, 3.05) is 11.7 Å². The van der Waals surface area contributed by atoms with Crippen molar-refractivity contribution in [3.05, 3.63) is 44.7 Å². The predicted octanol–water partition coefficient (Wildman–Crippen LogP) is 4.42. The second-order valence-corrected chi connectivity index (χ2v) is 8.37. The molecule has 5 nitrogen and oxygen atoms in total. The van der Waals surface area contributed by atoms with Crippen molar-refractivity contribution in [1.82, 2.24) is 15.4 Å². The summed E-state index contributed by atoms with van der Waals surface area (Å²) in [5.74, 6) is 0.464. The molecule has 3 aromatic rings. The molecule has 1 amide bonds. The van der Waals surface area contributed by atoms with Crippen LogP contribution in [0.25, 0.3) is 10.2 Å². The lowest BCUT2D eigenvalue weighted by Crippen LogP contribution is -2.30. The molecule has 0 bridgehead atoms. The highest BCUT2D eigenvalue weighted by Crippen LogP contribution is 2.40. The van der Waals surface area contributed by atoms with Crippen LogP contribution in [0, 0.1) is 0 Å². The van der Waals surface area contributed by atoms with E-state index in [1.165, 1.54) is 28.6 Å². The maximum atomic E-state index is 12.5. The molecule has 0 fully saturated rings. The van der Waals surface area contributed by atoms with Crippen LogP contribution in [0.2, 0.25) is 0 Å². The average Bonchev–Trinajstić information content (AvgIpc) is 3.20. The molecule has 8 heteroatoms. The normalized spacial score (nSPS) is 13.0. The van der Waals surface area contributed by atoms with Gasteiger partial charge in [-0.3, -0.25) is 15.6 Å². The number of hydrazine groups is 1. The Bertz CT molecular complexity index is 973. The van der Waals surface area contributed by atoms with E-state index in [4.69, 9.17) is 0 Å². The van der Waals surface area contributed by atoms with Crippen molar-refractivity contribution in [3.63, 3.8) is 0 Å². The van der Waals surface area contributed by atoms with E-state index in [0.717, 1.165) is 27.5 Å². The number of amides is 1. The minimum Gasteiger partial charge on any atom is -0.281 e. The summed E-state index contributed by atoms with van der Waals surface area (Å²) in [4.78, 5) is 24.0. The second kappa shape index (κ2) is 6.93. The molecule has 4 rings (SSSR count). The third kappa shape index (κ3) is 3.14. The van der Waals surface area contributed by atoms with Crippen molar-refractivity contribution >= 4 is 61.0 Å². The average molecular weight is 435 g/mol. The number of aryl methyl sites for hydroxylation is 2. The molecular weight excluding hydrogens is 420 g/mol. The van der Waals surface area contributed by atoms with Crippen LogP contribution in [0.3, 0.4) is 0 Å². The monoisotopic (exact) mass is 434 g/mol. The molecule has 0 saturated heterocycles. The van der Waals surface area contributed by atoms with Gasteiger partial charge in [-0.2, -0.15) is 0 Å². The van der Waals surface area contributed by atoms with Crippen LogP contribution in [0.5, 0.6) is 0 Å². The molecule has 0 atom stereocenters. The second-order valence-electron chi connectivity index (χ2n) is 5.66. The molecule has 128 valence electrons. The summed E-state index contributed by atoms with van der Waals surface area (Å²) >= 11 is 6.64. The van der Waals surface area contributed by atoms with E-state index < -0.39 is 0 Å². The fourth-order valence-electron chi connectivity index (χ4n) is 2.99. The number of nitrogens with zero attached hydrogens (tertiary/aromatic N) is 2. The third-order valence-corrected chi connectivity index (χ3v) is 6.56. The maximum Gasteiger partial charge on any atom is 0.270 e. The van der Waals surface area contributed by atoms with Gasteiger partial charge in [-0.05, 0) is 59.1 Å². The number of rotatable bonds is 4. The molecule has 2 aromatic heterocycles. The Morgan fingerprint density at radius 3 is 2.92 bits per heavy atom. The smallest absolute Gasteiger partial charge is 0.270 e. The Balaban J connectivity index is 1.67. The fourth-order valence-corrected chi connectivity index (χ4v) is 5.14. The van der Waals surface area contributed by atoms with Crippen molar-refractivity contribution < 1.29 is 4.79 Å². The Kier molecular flexibility index (Phi) is 4.66. The SMILES string of the molecule is CSc1nc(NNC(=O)c2ccccc2Br)c2c3c(sc2n1)CCC3. The number of benzene rings is 1. The Labute approximate surface area is 161 Å². The Morgan fingerprint density at radius 1 is 1.28 bits per heavy atom. The van der Waals surface area contributed by atoms with Gasteiger partial charge in [0.25, 0.3) is 5.91 Å². The van der Waals surface area contributed by atoms with E-state index in [0.29, 0.717) is 16.5 Å². The Morgan fingerprint density at radius 2 is 2.12 bits per heavy atom. The van der Waals surface area contributed by atoms with Crippen LogP contribution in [0.1, 0.15) is 27.2 Å². The first-order valence-corrected chi connectivity index (χ1v) is 10.7. The molecule has 0 unspecified atom stereocenters. The first-order chi connectivity index (χ1) is 12.2. The number of halogens is 1. The van der Waals surface area contributed by atoms with Crippen molar-refractivity contribution in [1.29, 1.82) is 0 Å². The first-order valence-electron chi connectivity index (χ1n) is 7.84. The highest BCUT2D eigenvalue weighted by Gasteiger charge is 2.22. The lowest BCUT2D eigenvalue weighted by molar-refractivity contribution is 0.0962. The topological polar surface area (TPSA) is 66.9 Å². The van der Waals surface area contributed by atoms with Gasteiger partial charge >= 0.3 is 0 Å². The van der Waals surface area contributed by atoms with Crippen molar-refractivity contribution in [2.24, 2.45) is 0 Å². The molecule has 25 heavy (non-hydrogen) atoms. The number of hydrogen-bond donors (Lipinski definition) is 2. The number of nitrogens with one attached hydrogen (secondary N) is 2. The quantitative estimate of drug-likeness (QED) is 0.361. The van der Waals surface area contributed by atoms with Crippen molar-refractivity contribution in [3.8, 4) is 0 Å². The van der Waals surface area contributed by atoms with Gasteiger partial charge in [-0.15, -0.1) is 11.3 Å². The highest BCUT2D eigenvalue weighted by atomic mass is 79.9. The van der Waals surface area contributed by atoms with Gasteiger partial charge in [0, 0.05) is 9.35 Å². The van der Waals surface area contributed by atoms with E-state index in [2.05, 4.69) is 36.7 Å². The van der Waals surface area contributed by atoms with Gasteiger partial charge in [0.05, 0.1) is 10.9 Å². The van der Waals surface area contributed by atoms with Crippen LogP contribution < -0.4 is 10.9 Å².